The summed E-state index contributed by atoms with van der Waals surface area (Å²) >= 11 is 5.82. The zero-order chi connectivity index (χ0) is 10.7. The molecule has 0 spiro atoms. The Balaban J connectivity index is 2.37. The fourth-order valence-corrected chi connectivity index (χ4v) is 1.54. The Morgan fingerprint density at radius 3 is 2.40 bits per heavy atom. The largest absolute Gasteiger partial charge is 0.497 e. The maximum absolute atomic E-state index is 5.82. The Hall–Kier alpha value is -1.54. The van der Waals surface area contributed by atoms with Crippen LogP contribution in [0.4, 0.5) is 0 Å². The van der Waals surface area contributed by atoms with Crippen LogP contribution in [0.15, 0.2) is 42.6 Å². The van der Waals surface area contributed by atoms with Crippen molar-refractivity contribution in [3.8, 4) is 16.9 Å². The number of ether oxygens (including phenoxy) is 1. The van der Waals surface area contributed by atoms with Gasteiger partial charge in [0.1, 0.15) is 10.9 Å². The van der Waals surface area contributed by atoms with Crippen LogP contribution in [-0.4, -0.2) is 12.1 Å². The summed E-state index contributed by atoms with van der Waals surface area (Å²) in [5, 5.41) is 0.503. The number of halogens is 1. The van der Waals surface area contributed by atoms with Gasteiger partial charge in [0, 0.05) is 6.20 Å². The van der Waals surface area contributed by atoms with E-state index in [1.54, 1.807) is 13.3 Å². The van der Waals surface area contributed by atoms with Gasteiger partial charge in [0.15, 0.2) is 0 Å². The molecule has 0 amide bonds. The summed E-state index contributed by atoms with van der Waals surface area (Å²) in [6.07, 6.45) is 1.70. The van der Waals surface area contributed by atoms with Gasteiger partial charge in [0.25, 0.3) is 0 Å². The van der Waals surface area contributed by atoms with E-state index in [0.29, 0.717) is 5.15 Å². The molecule has 0 aliphatic heterocycles. The normalized spacial score (nSPS) is 10.0. The van der Waals surface area contributed by atoms with Gasteiger partial charge in [0.05, 0.1) is 7.11 Å². The van der Waals surface area contributed by atoms with E-state index in [-0.39, 0.29) is 0 Å². The molecule has 0 bridgehead atoms. The smallest absolute Gasteiger partial charge is 0.129 e. The van der Waals surface area contributed by atoms with Crippen molar-refractivity contribution in [3.05, 3.63) is 47.7 Å². The lowest BCUT2D eigenvalue weighted by Gasteiger charge is -2.03. The second-order valence-corrected chi connectivity index (χ2v) is 3.48. The highest BCUT2D eigenvalue weighted by Gasteiger charge is 1.99. The van der Waals surface area contributed by atoms with E-state index in [1.807, 2.05) is 36.4 Å². The standard InChI is InChI=1S/C12H10ClNO/c1-15-11-4-2-9(3-5-11)10-6-7-14-12(13)8-10/h2-8H,1H3. The van der Waals surface area contributed by atoms with Gasteiger partial charge in [-0.2, -0.15) is 0 Å². The van der Waals surface area contributed by atoms with Crippen LogP contribution in [0.1, 0.15) is 0 Å². The number of hydrogen-bond acceptors (Lipinski definition) is 2. The summed E-state index contributed by atoms with van der Waals surface area (Å²) in [5.41, 5.74) is 2.15. The molecular formula is C12H10ClNO. The Morgan fingerprint density at radius 2 is 1.80 bits per heavy atom. The molecule has 1 aromatic heterocycles. The highest BCUT2D eigenvalue weighted by atomic mass is 35.5. The zero-order valence-electron chi connectivity index (χ0n) is 8.27. The van der Waals surface area contributed by atoms with E-state index < -0.39 is 0 Å². The number of benzene rings is 1. The molecule has 2 rings (SSSR count). The summed E-state index contributed by atoms with van der Waals surface area (Å²) in [5.74, 6) is 0.846. The summed E-state index contributed by atoms with van der Waals surface area (Å²) in [7, 11) is 1.65. The molecule has 0 N–H and O–H groups in total. The van der Waals surface area contributed by atoms with Crippen LogP contribution >= 0.6 is 11.6 Å². The Morgan fingerprint density at radius 1 is 1.07 bits per heavy atom. The summed E-state index contributed by atoms with van der Waals surface area (Å²) in [6, 6.07) is 11.6. The third-order valence-corrected chi connectivity index (χ3v) is 2.36. The fourth-order valence-electron chi connectivity index (χ4n) is 1.37. The van der Waals surface area contributed by atoms with Gasteiger partial charge in [-0.05, 0) is 35.4 Å². The van der Waals surface area contributed by atoms with Crippen molar-refractivity contribution in [1.29, 1.82) is 0 Å². The quantitative estimate of drug-likeness (QED) is 0.723. The number of methoxy groups -OCH3 is 1. The fraction of sp³-hybridized carbons (Fsp3) is 0.0833. The molecule has 2 aromatic rings. The van der Waals surface area contributed by atoms with E-state index in [2.05, 4.69) is 4.98 Å². The second kappa shape index (κ2) is 4.32. The number of rotatable bonds is 2. The van der Waals surface area contributed by atoms with E-state index in [4.69, 9.17) is 16.3 Å². The molecule has 15 heavy (non-hydrogen) atoms. The molecule has 0 fully saturated rings. The maximum Gasteiger partial charge on any atom is 0.129 e. The van der Waals surface area contributed by atoms with Crippen molar-refractivity contribution in [1.82, 2.24) is 4.98 Å². The SMILES string of the molecule is COc1ccc(-c2ccnc(Cl)c2)cc1. The minimum atomic E-state index is 0.503. The predicted molar refractivity (Wildman–Crippen MR) is 61.2 cm³/mol. The first kappa shape index (κ1) is 9.99. The molecule has 0 aliphatic carbocycles. The summed E-state index contributed by atoms with van der Waals surface area (Å²) < 4.78 is 5.09. The average molecular weight is 220 g/mol. The highest BCUT2D eigenvalue weighted by Crippen LogP contribution is 2.23. The zero-order valence-corrected chi connectivity index (χ0v) is 9.03. The van der Waals surface area contributed by atoms with Crippen LogP contribution in [0.5, 0.6) is 5.75 Å². The molecule has 0 aliphatic rings. The van der Waals surface area contributed by atoms with E-state index >= 15 is 0 Å². The Labute approximate surface area is 93.5 Å². The monoisotopic (exact) mass is 219 g/mol. The lowest BCUT2D eigenvalue weighted by Crippen LogP contribution is -1.83. The van der Waals surface area contributed by atoms with Crippen molar-refractivity contribution in [2.45, 2.75) is 0 Å². The van der Waals surface area contributed by atoms with Crippen LogP contribution < -0.4 is 4.74 Å². The summed E-state index contributed by atoms with van der Waals surface area (Å²) in [6.45, 7) is 0. The van der Waals surface area contributed by atoms with Crippen LogP contribution in [0, 0.1) is 0 Å². The van der Waals surface area contributed by atoms with Crippen LogP contribution in [0.25, 0.3) is 11.1 Å². The predicted octanol–water partition coefficient (Wildman–Crippen LogP) is 3.41. The number of hydrogen-bond donors (Lipinski definition) is 0. The minimum absolute atomic E-state index is 0.503. The van der Waals surface area contributed by atoms with Crippen LogP contribution in [-0.2, 0) is 0 Å². The van der Waals surface area contributed by atoms with Crippen molar-refractivity contribution in [3.63, 3.8) is 0 Å². The van der Waals surface area contributed by atoms with Crippen LogP contribution in [0.2, 0.25) is 5.15 Å². The Bertz CT molecular complexity index is 453. The average Bonchev–Trinajstić information content (AvgIpc) is 2.29. The van der Waals surface area contributed by atoms with Crippen molar-refractivity contribution >= 4 is 11.6 Å². The molecule has 76 valence electrons. The lowest BCUT2D eigenvalue weighted by molar-refractivity contribution is 0.415. The van der Waals surface area contributed by atoms with Gasteiger partial charge in [-0.25, -0.2) is 4.98 Å². The van der Waals surface area contributed by atoms with Crippen molar-refractivity contribution < 1.29 is 4.74 Å². The first-order chi connectivity index (χ1) is 7.29. The Kier molecular flexibility index (Phi) is 2.88. The first-order valence-corrected chi connectivity index (χ1v) is 4.93. The van der Waals surface area contributed by atoms with Gasteiger partial charge in [-0.3, -0.25) is 0 Å². The molecule has 0 saturated carbocycles. The van der Waals surface area contributed by atoms with E-state index in [0.717, 1.165) is 16.9 Å². The van der Waals surface area contributed by atoms with Crippen molar-refractivity contribution in [2.24, 2.45) is 0 Å². The van der Waals surface area contributed by atoms with Gasteiger partial charge in [-0.15, -0.1) is 0 Å². The first-order valence-electron chi connectivity index (χ1n) is 4.55. The highest BCUT2D eigenvalue weighted by molar-refractivity contribution is 6.29. The molecule has 0 saturated heterocycles. The number of aromatic nitrogens is 1. The molecule has 2 nitrogen and oxygen atoms in total. The molecule has 0 atom stereocenters. The minimum Gasteiger partial charge on any atom is -0.497 e. The van der Waals surface area contributed by atoms with Gasteiger partial charge in [0.2, 0.25) is 0 Å². The summed E-state index contributed by atoms with van der Waals surface area (Å²) in [4.78, 5) is 3.94. The second-order valence-electron chi connectivity index (χ2n) is 3.10. The lowest BCUT2D eigenvalue weighted by atomic mass is 10.1. The third-order valence-electron chi connectivity index (χ3n) is 2.15. The van der Waals surface area contributed by atoms with Crippen molar-refractivity contribution in [2.75, 3.05) is 7.11 Å². The topological polar surface area (TPSA) is 22.1 Å². The molecule has 3 heteroatoms. The maximum atomic E-state index is 5.82. The molecule has 1 heterocycles. The molecule has 0 unspecified atom stereocenters. The third kappa shape index (κ3) is 2.28. The van der Waals surface area contributed by atoms with Gasteiger partial charge < -0.3 is 4.74 Å². The van der Waals surface area contributed by atoms with E-state index in [9.17, 15) is 0 Å². The van der Waals surface area contributed by atoms with Crippen LogP contribution in [0.3, 0.4) is 0 Å². The number of nitrogens with zero attached hydrogens (tertiary/aromatic N) is 1. The molecule has 1 aromatic carbocycles. The van der Waals surface area contributed by atoms with E-state index in [1.165, 1.54) is 0 Å². The molecule has 0 radical (unpaired) electrons. The van der Waals surface area contributed by atoms with Gasteiger partial charge in [-0.1, -0.05) is 23.7 Å². The number of pyridine rings is 1. The van der Waals surface area contributed by atoms with Gasteiger partial charge >= 0.3 is 0 Å². The molecular weight excluding hydrogens is 210 g/mol.